The van der Waals surface area contributed by atoms with E-state index >= 15 is 0 Å². The van der Waals surface area contributed by atoms with E-state index < -0.39 is 5.91 Å². The van der Waals surface area contributed by atoms with Crippen molar-refractivity contribution in [2.45, 2.75) is 44.2 Å². The van der Waals surface area contributed by atoms with Crippen molar-refractivity contribution in [2.24, 2.45) is 11.5 Å². The van der Waals surface area contributed by atoms with Crippen molar-refractivity contribution in [3.05, 3.63) is 71.2 Å². The number of benzene rings is 1. The van der Waals surface area contributed by atoms with E-state index in [-0.39, 0.29) is 12.1 Å². The first-order chi connectivity index (χ1) is 16.5. The predicted molar refractivity (Wildman–Crippen MR) is 134 cm³/mol. The zero-order chi connectivity index (χ0) is 23.7. The smallest absolute Gasteiger partial charge is 0.248 e. The van der Waals surface area contributed by atoms with Gasteiger partial charge in [-0.2, -0.15) is 0 Å². The average Bonchev–Trinajstić information content (AvgIpc) is 3.29. The van der Waals surface area contributed by atoms with E-state index in [0.717, 1.165) is 52.2 Å². The fourth-order valence-electron chi connectivity index (χ4n) is 4.99. The van der Waals surface area contributed by atoms with Crippen molar-refractivity contribution < 1.29 is 9.53 Å². The Morgan fingerprint density at radius 3 is 2.68 bits per heavy atom. The highest BCUT2D eigenvalue weighted by Gasteiger charge is 2.24. The molecular formula is C27H29N5O2. The number of aromatic nitrogens is 2. The third-order valence-electron chi connectivity index (χ3n) is 6.82. The summed E-state index contributed by atoms with van der Waals surface area (Å²) in [6.07, 6.45) is 10.9. The Kier molecular flexibility index (Phi) is 6.02. The highest BCUT2D eigenvalue weighted by Crippen LogP contribution is 2.40. The molecule has 0 aliphatic heterocycles. The SMILES string of the molecule is COc1ccc(C(N)=O)cc1C1=Cc2nccc(-c3ccnc(NC4CCCCC4N)c3)c2C1. The molecule has 7 nitrogen and oxygen atoms in total. The van der Waals surface area contributed by atoms with Crippen LogP contribution in [0.15, 0.2) is 48.8 Å². The van der Waals surface area contributed by atoms with Gasteiger partial charge < -0.3 is 21.5 Å². The lowest BCUT2D eigenvalue weighted by atomic mass is 9.91. The Bertz CT molecular complexity index is 1270. The summed E-state index contributed by atoms with van der Waals surface area (Å²) in [6, 6.07) is 11.8. The summed E-state index contributed by atoms with van der Waals surface area (Å²) in [5.41, 5.74) is 18.4. The van der Waals surface area contributed by atoms with Gasteiger partial charge in [0.05, 0.1) is 12.8 Å². The van der Waals surface area contributed by atoms with Crippen molar-refractivity contribution in [1.29, 1.82) is 0 Å². The van der Waals surface area contributed by atoms with Gasteiger partial charge in [0.1, 0.15) is 11.6 Å². The molecule has 174 valence electrons. The predicted octanol–water partition coefficient (Wildman–Crippen LogP) is 4.03. The van der Waals surface area contributed by atoms with Crippen LogP contribution in [-0.4, -0.2) is 35.1 Å². The number of nitrogens with zero attached hydrogens (tertiary/aromatic N) is 2. The van der Waals surface area contributed by atoms with Crippen molar-refractivity contribution in [3.8, 4) is 16.9 Å². The summed E-state index contributed by atoms with van der Waals surface area (Å²) in [5.74, 6) is 1.07. The van der Waals surface area contributed by atoms with Crippen molar-refractivity contribution in [3.63, 3.8) is 0 Å². The van der Waals surface area contributed by atoms with Gasteiger partial charge in [0.15, 0.2) is 0 Å². The van der Waals surface area contributed by atoms with Crippen molar-refractivity contribution in [2.75, 3.05) is 12.4 Å². The minimum absolute atomic E-state index is 0.155. The van der Waals surface area contributed by atoms with Crippen LogP contribution >= 0.6 is 0 Å². The van der Waals surface area contributed by atoms with Crippen LogP contribution in [0.2, 0.25) is 0 Å². The molecule has 3 aromatic rings. The number of pyridine rings is 2. The van der Waals surface area contributed by atoms with Gasteiger partial charge in [0, 0.05) is 42.0 Å². The highest BCUT2D eigenvalue weighted by molar-refractivity contribution is 5.97. The normalized spacial score (nSPS) is 19.3. The number of methoxy groups -OCH3 is 1. The molecule has 1 fully saturated rings. The number of allylic oxidation sites excluding steroid dienone is 1. The second-order valence-corrected chi connectivity index (χ2v) is 8.98. The molecular weight excluding hydrogens is 426 g/mol. The zero-order valence-electron chi connectivity index (χ0n) is 19.3. The number of hydrogen-bond donors (Lipinski definition) is 3. The Balaban J connectivity index is 1.45. The van der Waals surface area contributed by atoms with E-state index in [2.05, 4.69) is 27.4 Å². The minimum atomic E-state index is -0.465. The number of carbonyl (C=O) groups excluding carboxylic acids is 1. The molecule has 0 saturated heterocycles. The number of fused-ring (bicyclic) bond motifs is 1. The van der Waals surface area contributed by atoms with E-state index in [1.54, 1.807) is 25.3 Å². The summed E-state index contributed by atoms with van der Waals surface area (Å²) in [7, 11) is 1.62. The van der Waals surface area contributed by atoms with Crippen LogP contribution in [0.25, 0.3) is 22.8 Å². The van der Waals surface area contributed by atoms with Gasteiger partial charge in [0.25, 0.3) is 0 Å². The molecule has 5 rings (SSSR count). The molecule has 2 aliphatic rings. The van der Waals surface area contributed by atoms with Crippen LogP contribution in [0.5, 0.6) is 5.75 Å². The highest BCUT2D eigenvalue weighted by atomic mass is 16.5. The quantitative estimate of drug-likeness (QED) is 0.517. The van der Waals surface area contributed by atoms with E-state index in [1.165, 1.54) is 12.8 Å². The molecule has 7 heteroatoms. The number of primary amides is 1. The first kappa shape index (κ1) is 22.1. The second kappa shape index (κ2) is 9.27. The Hall–Kier alpha value is -3.71. The van der Waals surface area contributed by atoms with Gasteiger partial charge in [-0.25, -0.2) is 4.98 Å². The Morgan fingerprint density at radius 2 is 1.88 bits per heavy atom. The van der Waals surface area contributed by atoms with E-state index in [4.69, 9.17) is 16.2 Å². The lowest BCUT2D eigenvalue weighted by Gasteiger charge is -2.29. The fraction of sp³-hybridized carbons (Fsp3) is 0.296. The van der Waals surface area contributed by atoms with Gasteiger partial charge in [-0.05, 0) is 77.6 Å². The molecule has 1 aromatic carbocycles. The van der Waals surface area contributed by atoms with Gasteiger partial charge >= 0.3 is 0 Å². The summed E-state index contributed by atoms with van der Waals surface area (Å²) < 4.78 is 5.56. The number of ether oxygens (including phenoxy) is 1. The number of hydrogen-bond acceptors (Lipinski definition) is 6. The van der Waals surface area contributed by atoms with Gasteiger partial charge in [-0.15, -0.1) is 0 Å². The summed E-state index contributed by atoms with van der Waals surface area (Å²) in [6.45, 7) is 0. The Labute approximate surface area is 199 Å². The molecule has 0 spiro atoms. The fourth-order valence-corrected chi connectivity index (χ4v) is 4.99. The maximum atomic E-state index is 11.7. The number of nitrogens with two attached hydrogens (primary N) is 2. The topological polar surface area (TPSA) is 116 Å². The molecule has 2 atom stereocenters. The number of rotatable bonds is 6. The molecule has 0 bridgehead atoms. The molecule has 2 aromatic heterocycles. The first-order valence-electron chi connectivity index (χ1n) is 11.7. The third kappa shape index (κ3) is 4.26. The van der Waals surface area contributed by atoms with Crippen LogP contribution in [-0.2, 0) is 6.42 Å². The molecule has 2 unspecified atom stereocenters. The maximum Gasteiger partial charge on any atom is 0.248 e. The number of nitrogens with one attached hydrogen (secondary N) is 1. The van der Waals surface area contributed by atoms with Crippen LogP contribution in [0.1, 0.15) is 52.9 Å². The second-order valence-electron chi connectivity index (χ2n) is 8.98. The first-order valence-corrected chi connectivity index (χ1v) is 11.7. The molecule has 2 aliphatic carbocycles. The zero-order valence-corrected chi connectivity index (χ0v) is 19.3. The van der Waals surface area contributed by atoms with Crippen LogP contribution in [0.3, 0.4) is 0 Å². The van der Waals surface area contributed by atoms with E-state index in [9.17, 15) is 4.79 Å². The van der Waals surface area contributed by atoms with E-state index in [0.29, 0.717) is 17.7 Å². The Morgan fingerprint density at radius 1 is 1.06 bits per heavy atom. The average molecular weight is 456 g/mol. The van der Waals surface area contributed by atoms with Gasteiger partial charge in [0.2, 0.25) is 5.91 Å². The van der Waals surface area contributed by atoms with E-state index in [1.807, 2.05) is 24.5 Å². The minimum Gasteiger partial charge on any atom is -0.496 e. The third-order valence-corrected chi connectivity index (χ3v) is 6.82. The molecule has 1 amide bonds. The summed E-state index contributed by atoms with van der Waals surface area (Å²) in [4.78, 5) is 20.9. The molecule has 1 saturated carbocycles. The van der Waals surface area contributed by atoms with Crippen molar-refractivity contribution >= 4 is 23.4 Å². The molecule has 34 heavy (non-hydrogen) atoms. The maximum absolute atomic E-state index is 11.7. The summed E-state index contributed by atoms with van der Waals surface area (Å²) >= 11 is 0. The number of amides is 1. The molecule has 5 N–H and O–H groups in total. The van der Waals surface area contributed by atoms with Crippen LogP contribution in [0, 0.1) is 0 Å². The number of anilines is 1. The molecule has 2 heterocycles. The van der Waals surface area contributed by atoms with Gasteiger partial charge in [-0.1, -0.05) is 12.8 Å². The summed E-state index contributed by atoms with van der Waals surface area (Å²) in [5, 5.41) is 3.55. The largest absolute Gasteiger partial charge is 0.496 e. The lowest BCUT2D eigenvalue weighted by molar-refractivity contribution is 0.1000. The van der Waals surface area contributed by atoms with Gasteiger partial charge in [-0.3, -0.25) is 9.78 Å². The van der Waals surface area contributed by atoms with Crippen LogP contribution in [0.4, 0.5) is 5.82 Å². The lowest BCUT2D eigenvalue weighted by Crippen LogP contribution is -2.42. The van der Waals surface area contributed by atoms with Crippen molar-refractivity contribution in [1.82, 2.24) is 9.97 Å². The standard InChI is InChI=1S/C27H29N5O2/c1-34-25-7-6-17(27(29)33)12-20(25)18-13-21-19(9-11-30-24(21)14-18)16-8-10-31-26(15-16)32-23-5-3-2-4-22(23)28/h6-12,14-15,22-23H,2-5,13,28H2,1H3,(H2,29,33)(H,31,32). The van der Waals surface area contributed by atoms with Crippen LogP contribution < -0.4 is 21.5 Å². The molecule has 0 radical (unpaired) electrons. The monoisotopic (exact) mass is 455 g/mol. The number of carbonyl (C=O) groups is 1.